The second-order valence-electron chi connectivity index (χ2n) is 3.53. The number of ether oxygens (including phenoxy) is 3. The zero-order valence-electron chi connectivity index (χ0n) is 10.8. The first-order valence-corrected chi connectivity index (χ1v) is 5.81. The summed E-state index contributed by atoms with van der Waals surface area (Å²) in [5.74, 6) is 1.55. The van der Waals surface area contributed by atoms with E-state index in [0.717, 1.165) is 43.4 Å². The summed E-state index contributed by atoms with van der Waals surface area (Å²) < 4.78 is 15.8. The molecule has 0 spiro atoms. The lowest BCUT2D eigenvalue weighted by molar-refractivity contribution is 0.149. The largest absolute Gasteiger partial charge is 0.493 e. The summed E-state index contributed by atoms with van der Waals surface area (Å²) in [6, 6.07) is 5.87. The van der Waals surface area contributed by atoms with Crippen molar-refractivity contribution in [2.45, 2.75) is 13.5 Å². The molecule has 0 aliphatic carbocycles. The smallest absolute Gasteiger partial charge is 0.165 e. The van der Waals surface area contributed by atoms with Gasteiger partial charge in [0.25, 0.3) is 0 Å². The SMILES string of the molecule is CCOCCNCc1cccc(OC)c1OC. The van der Waals surface area contributed by atoms with Gasteiger partial charge >= 0.3 is 0 Å². The molecule has 0 heterocycles. The van der Waals surface area contributed by atoms with Crippen molar-refractivity contribution in [1.29, 1.82) is 0 Å². The molecule has 0 unspecified atom stereocenters. The molecule has 17 heavy (non-hydrogen) atoms. The average Bonchev–Trinajstić information content (AvgIpc) is 2.38. The van der Waals surface area contributed by atoms with Crippen molar-refractivity contribution in [2.24, 2.45) is 0 Å². The normalized spacial score (nSPS) is 10.3. The maximum Gasteiger partial charge on any atom is 0.165 e. The van der Waals surface area contributed by atoms with E-state index in [1.165, 1.54) is 0 Å². The van der Waals surface area contributed by atoms with E-state index in [0.29, 0.717) is 0 Å². The zero-order valence-corrected chi connectivity index (χ0v) is 10.8. The van der Waals surface area contributed by atoms with Crippen molar-refractivity contribution in [1.82, 2.24) is 5.32 Å². The summed E-state index contributed by atoms with van der Waals surface area (Å²) in [7, 11) is 3.30. The Labute approximate surface area is 103 Å². The molecule has 96 valence electrons. The number of methoxy groups -OCH3 is 2. The number of hydrogen-bond donors (Lipinski definition) is 1. The van der Waals surface area contributed by atoms with E-state index >= 15 is 0 Å². The van der Waals surface area contributed by atoms with Crippen LogP contribution in [0, 0.1) is 0 Å². The van der Waals surface area contributed by atoms with Crippen LogP contribution in [0.4, 0.5) is 0 Å². The highest BCUT2D eigenvalue weighted by Crippen LogP contribution is 2.30. The van der Waals surface area contributed by atoms with E-state index in [2.05, 4.69) is 5.32 Å². The van der Waals surface area contributed by atoms with Crippen molar-refractivity contribution in [3.05, 3.63) is 23.8 Å². The summed E-state index contributed by atoms with van der Waals surface area (Å²) in [5, 5.41) is 3.30. The van der Waals surface area contributed by atoms with Crippen LogP contribution in [0.15, 0.2) is 18.2 Å². The van der Waals surface area contributed by atoms with Crippen LogP contribution in [0.3, 0.4) is 0 Å². The van der Waals surface area contributed by atoms with Gasteiger partial charge in [-0.25, -0.2) is 0 Å². The highest BCUT2D eigenvalue weighted by Gasteiger charge is 2.08. The van der Waals surface area contributed by atoms with Crippen LogP contribution in [0.5, 0.6) is 11.5 Å². The monoisotopic (exact) mass is 239 g/mol. The van der Waals surface area contributed by atoms with Gasteiger partial charge in [-0.05, 0) is 13.0 Å². The summed E-state index contributed by atoms with van der Waals surface area (Å²) in [5.41, 5.74) is 1.09. The Morgan fingerprint density at radius 3 is 2.65 bits per heavy atom. The fourth-order valence-corrected chi connectivity index (χ4v) is 1.60. The topological polar surface area (TPSA) is 39.7 Å². The van der Waals surface area contributed by atoms with Gasteiger partial charge in [-0.1, -0.05) is 12.1 Å². The Morgan fingerprint density at radius 1 is 1.18 bits per heavy atom. The third-order valence-corrected chi connectivity index (χ3v) is 2.43. The minimum atomic E-state index is 0.725. The number of rotatable bonds is 8. The summed E-state index contributed by atoms with van der Waals surface area (Å²) in [6.07, 6.45) is 0. The Hall–Kier alpha value is -1.26. The first kappa shape index (κ1) is 13.8. The van der Waals surface area contributed by atoms with E-state index in [9.17, 15) is 0 Å². The van der Waals surface area contributed by atoms with E-state index < -0.39 is 0 Å². The van der Waals surface area contributed by atoms with Crippen LogP contribution >= 0.6 is 0 Å². The molecule has 0 amide bonds. The van der Waals surface area contributed by atoms with E-state index in [4.69, 9.17) is 14.2 Å². The summed E-state index contributed by atoms with van der Waals surface area (Å²) in [6.45, 7) is 5.04. The highest BCUT2D eigenvalue weighted by atomic mass is 16.5. The van der Waals surface area contributed by atoms with E-state index in [1.807, 2.05) is 25.1 Å². The van der Waals surface area contributed by atoms with Gasteiger partial charge in [0.1, 0.15) is 0 Å². The molecule has 0 aromatic heterocycles. The Balaban J connectivity index is 2.52. The van der Waals surface area contributed by atoms with Gasteiger partial charge in [0.05, 0.1) is 20.8 Å². The first-order chi connectivity index (χ1) is 8.33. The summed E-state index contributed by atoms with van der Waals surface area (Å²) in [4.78, 5) is 0. The molecular weight excluding hydrogens is 218 g/mol. The molecule has 1 rings (SSSR count). The lowest BCUT2D eigenvalue weighted by Crippen LogP contribution is -2.19. The van der Waals surface area contributed by atoms with Crippen LogP contribution < -0.4 is 14.8 Å². The predicted octanol–water partition coefficient (Wildman–Crippen LogP) is 1.83. The predicted molar refractivity (Wildman–Crippen MR) is 67.7 cm³/mol. The van der Waals surface area contributed by atoms with Gasteiger partial charge in [0, 0.05) is 25.3 Å². The molecule has 0 radical (unpaired) electrons. The maximum absolute atomic E-state index is 5.35. The Bertz CT molecular complexity index is 328. The molecule has 1 aromatic carbocycles. The van der Waals surface area contributed by atoms with Crippen molar-refractivity contribution in [3.8, 4) is 11.5 Å². The van der Waals surface area contributed by atoms with Crippen molar-refractivity contribution < 1.29 is 14.2 Å². The van der Waals surface area contributed by atoms with E-state index in [1.54, 1.807) is 14.2 Å². The average molecular weight is 239 g/mol. The van der Waals surface area contributed by atoms with Gasteiger partial charge in [0.2, 0.25) is 0 Å². The number of nitrogens with one attached hydrogen (secondary N) is 1. The zero-order chi connectivity index (χ0) is 12.5. The van der Waals surface area contributed by atoms with Gasteiger partial charge in [-0.3, -0.25) is 0 Å². The Kier molecular flexibility index (Phi) is 6.43. The molecule has 0 bridgehead atoms. The molecular formula is C13H21NO3. The molecule has 0 saturated carbocycles. The minimum Gasteiger partial charge on any atom is -0.493 e. The number of hydrogen-bond acceptors (Lipinski definition) is 4. The molecule has 0 atom stereocenters. The van der Waals surface area contributed by atoms with Crippen molar-refractivity contribution in [2.75, 3.05) is 34.0 Å². The lowest BCUT2D eigenvalue weighted by atomic mass is 10.2. The molecule has 4 nitrogen and oxygen atoms in total. The molecule has 0 fully saturated rings. The number of para-hydroxylation sites is 1. The quantitative estimate of drug-likeness (QED) is 0.703. The van der Waals surface area contributed by atoms with Crippen LogP contribution in [-0.2, 0) is 11.3 Å². The molecule has 1 aromatic rings. The third kappa shape index (κ3) is 4.24. The second-order valence-corrected chi connectivity index (χ2v) is 3.53. The fourth-order valence-electron chi connectivity index (χ4n) is 1.60. The van der Waals surface area contributed by atoms with Crippen LogP contribution in [0.25, 0.3) is 0 Å². The molecule has 0 aliphatic heterocycles. The molecule has 1 N–H and O–H groups in total. The third-order valence-electron chi connectivity index (χ3n) is 2.43. The fraction of sp³-hybridized carbons (Fsp3) is 0.538. The van der Waals surface area contributed by atoms with Gasteiger partial charge in [0.15, 0.2) is 11.5 Å². The maximum atomic E-state index is 5.35. The highest BCUT2D eigenvalue weighted by molar-refractivity contribution is 5.46. The first-order valence-electron chi connectivity index (χ1n) is 5.81. The van der Waals surface area contributed by atoms with Crippen molar-refractivity contribution in [3.63, 3.8) is 0 Å². The van der Waals surface area contributed by atoms with Crippen LogP contribution in [0.2, 0.25) is 0 Å². The Morgan fingerprint density at radius 2 is 2.00 bits per heavy atom. The van der Waals surface area contributed by atoms with E-state index in [-0.39, 0.29) is 0 Å². The van der Waals surface area contributed by atoms with Gasteiger partial charge in [-0.15, -0.1) is 0 Å². The van der Waals surface area contributed by atoms with Crippen molar-refractivity contribution >= 4 is 0 Å². The second kappa shape index (κ2) is 7.92. The minimum absolute atomic E-state index is 0.725. The van der Waals surface area contributed by atoms with Gasteiger partial charge in [-0.2, -0.15) is 0 Å². The van der Waals surface area contributed by atoms with Crippen LogP contribution in [0.1, 0.15) is 12.5 Å². The standard InChI is InChI=1S/C13H21NO3/c1-4-17-9-8-14-10-11-6-5-7-12(15-2)13(11)16-3/h5-7,14H,4,8-10H2,1-3H3. The summed E-state index contributed by atoms with van der Waals surface area (Å²) >= 11 is 0. The van der Waals surface area contributed by atoms with Crippen LogP contribution in [-0.4, -0.2) is 34.0 Å². The molecule has 0 aliphatic rings. The molecule has 0 saturated heterocycles. The van der Waals surface area contributed by atoms with Gasteiger partial charge < -0.3 is 19.5 Å². The lowest BCUT2D eigenvalue weighted by Gasteiger charge is -2.13. The number of benzene rings is 1. The molecule has 4 heteroatoms.